The number of rotatable bonds is 4. The van der Waals surface area contributed by atoms with Gasteiger partial charge in [0.2, 0.25) is 0 Å². The molecule has 0 unspecified atom stereocenters. The molecule has 2 aromatic carbocycles. The number of amides is 1. The van der Waals surface area contributed by atoms with Gasteiger partial charge in [-0.2, -0.15) is 0 Å². The van der Waals surface area contributed by atoms with E-state index in [1.54, 1.807) is 12.1 Å². The first-order valence-corrected chi connectivity index (χ1v) is 9.53. The second kappa shape index (κ2) is 7.81. The Morgan fingerprint density at radius 2 is 1.81 bits per heavy atom. The maximum atomic E-state index is 13.5. The van der Waals surface area contributed by atoms with Crippen molar-refractivity contribution in [3.63, 3.8) is 0 Å². The van der Waals surface area contributed by atoms with Crippen molar-refractivity contribution >= 4 is 17.5 Å². The van der Waals surface area contributed by atoms with Crippen LogP contribution in [-0.4, -0.2) is 29.1 Å². The van der Waals surface area contributed by atoms with Gasteiger partial charge in [0.25, 0.3) is 5.91 Å². The quantitative estimate of drug-likeness (QED) is 0.710. The van der Waals surface area contributed by atoms with Crippen LogP contribution >= 0.6 is 11.6 Å². The summed E-state index contributed by atoms with van der Waals surface area (Å²) in [5.74, 6) is -0.0188. The lowest BCUT2D eigenvalue weighted by atomic mass is 9.90. The molecule has 0 aromatic heterocycles. The van der Waals surface area contributed by atoms with Crippen molar-refractivity contribution in [2.24, 2.45) is 0 Å². The summed E-state index contributed by atoms with van der Waals surface area (Å²) in [7, 11) is 0. The lowest BCUT2D eigenvalue weighted by Crippen LogP contribution is -2.49. The Morgan fingerprint density at radius 3 is 2.46 bits per heavy atom. The average molecular weight is 372 g/mol. The minimum absolute atomic E-state index is 0.0188. The van der Waals surface area contributed by atoms with Gasteiger partial charge in [-0.15, -0.1) is 0 Å². The Morgan fingerprint density at radius 1 is 1.15 bits per heavy atom. The van der Waals surface area contributed by atoms with Gasteiger partial charge in [0.15, 0.2) is 0 Å². The van der Waals surface area contributed by atoms with Crippen molar-refractivity contribution in [1.29, 1.82) is 0 Å². The number of hydrogen-bond acceptors (Lipinski definition) is 2. The third-order valence-electron chi connectivity index (χ3n) is 5.10. The smallest absolute Gasteiger partial charge is 0.256 e. The molecule has 138 valence electrons. The van der Waals surface area contributed by atoms with E-state index in [0.717, 1.165) is 18.4 Å². The lowest BCUT2D eigenvalue weighted by Gasteiger charge is -2.44. The van der Waals surface area contributed by atoms with Gasteiger partial charge in [-0.25, -0.2) is 0 Å². The van der Waals surface area contributed by atoms with E-state index in [1.807, 2.05) is 35.2 Å². The molecule has 1 aliphatic rings. The van der Waals surface area contributed by atoms with Crippen molar-refractivity contribution in [1.82, 2.24) is 4.90 Å². The molecule has 1 fully saturated rings. The summed E-state index contributed by atoms with van der Waals surface area (Å²) in [6.45, 7) is 6.92. The molecule has 0 radical (unpaired) electrons. The zero-order valence-corrected chi connectivity index (χ0v) is 16.4. The maximum absolute atomic E-state index is 13.5. The van der Waals surface area contributed by atoms with Gasteiger partial charge in [0, 0.05) is 12.6 Å². The molecular formula is C22H26ClNO2. The van der Waals surface area contributed by atoms with Crippen molar-refractivity contribution in [3.05, 3.63) is 70.7 Å². The second-order valence-corrected chi connectivity index (χ2v) is 7.94. The van der Waals surface area contributed by atoms with Crippen LogP contribution in [0.25, 0.3) is 0 Å². The Labute approximate surface area is 160 Å². The van der Waals surface area contributed by atoms with Crippen LogP contribution in [0.5, 0.6) is 0 Å². The molecule has 2 atom stereocenters. The molecule has 1 heterocycles. The van der Waals surface area contributed by atoms with Crippen LogP contribution in [-0.2, 0) is 4.74 Å². The molecule has 0 aliphatic carbocycles. The third kappa shape index (κ3) is 4.11. The largest absolute Gasteiger partial charge is 0.375 e. The number of halogens is 1. The van der Waals surface area contributed by atoms with Crippen LogP contribution in [0.15, 0.2) is 54.6 Å². The first-order valence-electron chi connectivity index (χ1n) is 9.15. The number of hydrogen-bond donors (Lipinski definition) is 0. The molecule has 4 heteroatoms. The average Bonchev–Trinajstić information content (AvgIpc) is 2.62. The van der Waals surface area contributed by atoms with Crippen LogP contribution in [0.2, 0.25) is 5.02 Å². The predicted molar refractivity (Wildman–Crippen MR) is 106 cm³/mol. The van der Waals surface area contributed by atoms with Gasteiger partial charge in [0.1, 0.15) is 0 Å². The highest BCUT2D eigenvalue weighted by Gasteiger charge is 2.37. The minimum atomic E-state index is -0.238. The van der Waals surface area contributed by atoms with E-state index in [9.17, 15) is 4.79 Å². The summed E-state index contributed by atoms with van der Waals surface area (Å²) in [4.78, 5) is 15.5. The zero-order valence-electron chi connectivity index (χ0n) is 15.6. The second-order valence-electron chi connectivity index (χ2n) is 7.53. The van der Waals surface area contributed by atoms with Gasteiger partial charge in [-0.05, 0) is 51.3 Å². The molecule has 0 N–H and O–H groups in total. The molecule has 0 bridgehead atoms. The first kappa shape index (κ1) is 18.9. The van der Waals surface area contributed by atoms with Crippen LogP contribution in [0.4, 0.5) is 0 Å². The molecule has 1 saturated heterocycles. The standard InChI is InChI=1S/C22H26ClNO2/c1-16(17-9-5-4-6-10-17)24(18-13-14-26-22(2,3)15-18)21(25)19-11-7-8-12-20(19)23/h4-12,16,18H,13-15H2,1-3H3/t16-,18+/m1/s1. The fourth-order valence-corrected chi connectivity index (χ4v) is 3.98. The van der Waals surface area contributed by atoms with Crippen molar-refractivity contribution in [3.8, 4) is 0 Å². The van der Waals surface area contributed by atoms with Gasteiger partial charge >= 0.3 is 0 Å². The van der Waals surface area contributed by atoms with Crippen LogP contribution in [0.1, 0.15) is 55.6 Å². The van der Waals surface area contributed by atoms with E-state index in [1.165, 1.54) is 0 Å². The molecule has 26 heavy (non-hydrogen) atoms. The van der Waals surface area contributed by atoms with E-state index in [0.29, 0.717) is 17.2 Å². The fraction of sp³-hybridized carbons (Fsp3) is 0.409. The number of benzene rings is 2. The summed E-state index contributed by atoms with van der Waals surface area (Å²) >= 11 is 6.34. The van der Waals surface area contributed by atoms with E-state index in [4.69, 9.17) is 16.3 Å². The van der Waals surface area contributed by atoms with Gasteiger partial charge in [0.05, 0.1) is 22.2 Å². The van der Waals surface area contributed by atoms with Crippen molar-refractivity contribution in [2.45, 2.75) is 51.3 Å². The van der Waals surface area contributed by atoms with Crippen LogP contribution in [0.3, 0.4) is 0 Å². The molecule has 0 spiro atoms. The van der Waals surface area contributed by atoms with Crippen LogP contribution in [0, 0.1) is 0 Å². The third-order valence-corrected chi connectivity index (χ3v) is 5.43. The number of ether oxygens (including phenoxy) is 1. The molecule has 3 rings (SSSR count). The SMILES string of the molecule is C[C@H](c1ccccc1)N(C(=O)c1ccccc1Cl)[C@H]1CCOC(C)(C)C1. The maximum Gasteiger partial charge on any atom is 0.256 e. The predicted octanol–water partition coefficient (Wildman–Crippen LogP) is 5.50. The van der Waals surface area contributed by atoms with Gasteiger partial charge in [-0.1, -0.05) is 54.1 Å². The highest BCUT2D eigenvalue weighted by Crippen LogP contribution is 2.34. The topological polar surface area (TPSA) is 29.5 Å². The highest BCUT2D eigenvalue weighted by atomic mass is 35.5. The molecule has 3 nitrogen and oxygen atoms in total. The van der Waals surface area contributed by atoms with Gasteiger partial charge < -0.3 is 9.64 Å². The Balaban J connectivity index is 1.98. The molecule has 0 saturated carbocycles. The summed E-state index contributed by atoms with van der Waals surface area (Å²) in [6.07, 6.45) is 1.64. The fourth-order valence-electron chi connectivity index (χ4n) is 3.76. The van der Waals surface area contributed by atoms with Gasteiger partial charge in [-0.3, -0.25) is 4.79 Å². The van der Waals surface area contributed by atoms with Crippen molar-refractivity contribution in [2.75, 3.05) is 6.61 Å². The lowest BCUT2D eigenvalue weighted by molar-refractivity contribution is -0.0823. The summed E-state index contributed by atoms with van der Waals surface area (Å²) in [6, 6.07) is 17.5. The Kier molecular flexibility index (Phi) is 5.69. The summed E-state index contributed by atoms with van der Waals surface area (Å²) in [5, 5.41) is 0.495. The number of carbonyl (C=O) groups is 1. The summed E-state index contributed by atoms with van der Waals surface area (Å²) in [5.41, 5.74) is 1.44. The monoisotopic (exact) mass is 371 g/mol. The first-order chi connectivity index (χ1) is 12.4. The minimum Gasteiger partial charge on any atom is -0.375 e. The molecule has 2 aromatic rings. The van der Waals surface area contributed by atoms with E-state index < -0.39 is 0 Å². The Bertz CT molecular complexity index is 760. The van der Waals surface area contributed by atoms with E-state index in [2.05, 4.69) is 32.9 Å². The zero-order chi connectivity index (χ0) is 18.7. The Hall–Kier alpha value is -1.84. The van der Waals surface area contributed by atoms with E-state index in [-0.39, 0.29) is 23.6 Å². The number of carbonyl (C=O) groups excluding carboxylic acids is 1. The van der Waals surface area contributed by atoms with Crippen LogP contribution < -0.4 is 0 Å². The summed E-state index contributed by atoms with van der Waals surface area (Å²) < 4.78 is 5.88. The van der Waals surface area contributed by atoms with Crippen molar-refractivity contribution < 1.29 is 9.53 Å². The number of nitrogens with zero attached hydrogens (tertiary/aromatic N) is 1. The molecule has 1 amide bonds. The highest BCUT2D eigenvalue weighted by molar-refractivity contribution is 6.33. The molecular weight excluding hydrogens is 346 g/mol. The molecule has 1 aliphatic heterocycles. The van der Waals surface area contributed by atoms with E-state index >= 15 is 0 Å². The normalized spacial score (nSPS) is 20.4.